The summed E-state index contributed by atoms with van der Waals surface area (Å²) in [5.41, 5.74) is 0.724. The van der Waals surface area contributed by atoms with Crippen molar-refractivity contribution in [3.63, 3.8) is 0 Å². The molecule has 5 nitrogen and oxygen atoms in total. The molecule has 3 atom stereocenters. The van der Waals surface area contributed by atoms with E-state index >= 15 is 0 Å². The van der Waals surface area contributed by atoms with Gasteiger partial charge in [0.2, 0.25) is 11.8 Å². The molecule has 1 fully saturated rings. The van der Waals surface area contributed by atoms with Crippen LogP contribution in [0.5, 0.6) is 0 Å². The molecule has 1 aliphatic rings. The molecule has 2 amide bonds. The van der Waals surface area contributed by atoms with Gasteiger partial charge in [0, 0.05) is 18.2 Å². The first-order chi connectivity index (χ1) is 13.9. The van der Waals surface area contributed by atoms with Crippen LogP contribution in [0.25, 0.3) is 0 Å². The van der Waals surface area contributed by atoms with E-state index in [4.69, 9.17) is 0 Å². The quantitative estimate of drug-likeness (QED) is 0.606. The highest BCUT2D eigenvalue weighted by atomic mass is 32.2. The first kappa shape index (κ1) is 23.7. The zero-order chi connectivity index (χ0) is 21.4. The van der Waals surface area contributed by atoms with E-state index in [9.17, 15) is 14.0 Å². The molecular formula is C22H35FN3O2S+. The average Bonchev–Trinajstić information content (AvgIpc) is 3.16. The maximum Gasteiger partial charge on any atom is 0.243 e. The van der Waals surface area contributed by atoms with Crippen LogP contribution in [0.2, 0.25) is 0 Å². The van der Waals surface area contributed by atoms with Crippen molar-refractivity contribution < 1.29 is 18.9 Å². The Morgan fingerprint density at radius 1 is 1.31 bits per heavy atom. The molecular weight excluding hydrogens is 389 g/mol. The molecule has 2 N–H and O–H groups in total. The molecule has 0 aromatic heterocycles. The normalized spacial score (nSPS) is 20.1. The van der Waals surface area contributed by atoms with Gasteiger partial charge in [-0.1, -0.05) is 19.1 Å². The van der Waals surface area contributed by atoms with Gasteiger partial charge >= 0.3 is 0 Å². The summed E-state index contributed by atoms with van der Waals surface area (Å²) in [5.74, 6) is 0.00153. The summed E-state index contributed by atoms with van der Waals surface area (Å²) in [6.07, 6.45) is 2.30. The second kappa shape index (κ2) is 11.6. The van der Waals surface area contributed by atoms with Gasteiger partial charge in [0.25, 0.3) is 0 Å². The molecule has 7 heteroatoms. The minimum atomic E-state index is -0.517. The van der Waals surface area contributed by atoms with Crippen molar-refractivity contribution in [2.75, 3.05) is 25.4 Å². The molecule has 0 aliphatic carbocycles. The van der Waals surface area contributed by atoms with E-state index in [1.165, 1.54) is 23.9 Å². The lowest BCUT2D eigenvalue weighted by molar-refractivity contribution is -0.896. The van der Waals surface area contributed by atoms with Gasteiger partial charge in [-0.15, -0.1) is 11.8 Å². The monoisotopic (exact) mass is 424 g/mol. The summed E-state index contributed by atoms with van der Waals surface area (Å²) in [5, 5.41) is 2.77. The third-order valence-corrected chi connectivity index (χ3v) is 6.91. The first-order valence-electron chi connectivity index (χ1n) is 10.7. The molecule has 0 radical (unpaired) electrons. The zero-order valence-electron chi connectivity index (χ0n) is 18.0. The van der Waals surface area contributed by atoms with Crippen molar-refractivity contribution >= 4 is 23.6 Å². The van der Waals surface area contributed by atoms with Gasteiger partial charge in [-0.2, -0.15) is 0 Å². The van der Waals surface area contributed by atoms with E-state index in [0.29, 0.717) is 12.2 Å². The second-order valence-corrected chi connectivity index (χ2v) is 8.78. The Balaban J connectivity index is 2.00. The van der Waals surface area contributed by atoms with E-state index in [-0.39, 0.29) is 29.0 Å². The number of benzene rings is 1. The van der Waals surface area contributed by atoms with Crippen LogP contribution in [0, 0.1) is 5.82 Å². The highest BCUT2D eigenvalue weighted by Gasteiger charge is 2.41. The van der Waals surface area contributed by atoms with E-state index < -0.39 is 6.04 Å². The number of carbonyl (C=O) groups is 2. The number of carbonyl (C=O) groups excluding carboxylic acids is 2. The molecule has 1 aromatic rings. The van der Waals surface area contributed by atoms with Gasteiger partial charge in [-0.3, -0.25) is 9.59 Å². The fourth-order valence-electron chi connectivity index (χ4n) is 3.79. The van der Waals surface area contributed by atoms with E-state index in [1.54, 1.807) is 22.8 Å². The Hall–Kier alpha value is -1.60. The zero-order valence-corrected chi connectivity index (χ0v) is 18.9. The lowest BCUT2D eigenvalue weighted by Crippen LogP contribution is -3.11. The average molecular weight is 425 g/mol. The molecule has 29 heavy (non-hydrogen) atoms. The van der Waals surface area contributed by atoms with Crippen LogP contribution in [-0.4, -0.2) is 54.2 Å². The molecule has 1 aromatic carbocycles. The fraction of sp³-hybridized carbons (Fsp3) is 0.636. The standard InChI is InChI=1S/C22H34FN3O2S/c1-5-20(27)26-19(15-29-22(26)17-11-8-12-18(23)14-17)21(28)24-16(4)10-9-13-25(6-2)7-3/h8,11-12,14,16,19,22H,5-7,9-10,13,15H2,1-4H3,(H,24,28)/p+1/t16-,19-,22-/m0/s1. The number of hydrogen-bond acceptors (Lipinski definition) is 3. The topological polar surface area (TPSA) is 53.9 Å². The van der Waals surface area contributed by atoms with Crippen LogP contribution in [0.15, 0.2) is 24.3 Å². The van der Waals surface area contributed by atoms with Crippen LogP contribution in [0.3, 0.4) is 0 Å². The Kier molecular flexibility index (Phi) is 9.43. The number of thioether (sulfide) groups is 1. The fourth-order valence-corrected chi connectivity index (χ4v) is 5.23. The van der Waals surface area contributed by atoms with Crippen molar-refractivity contribution in [3.8, 4) is 0 Å². The van der Waals surface area contributed by atoms with Crippen molar-refractivity contribution in [2.24, 2.45) is 0 Å². The molecule has 0 saturated carbocycles. The SMILES string of the molecule is CCC(=O)N1[C@H](C(=O)N[C@@H](C)CCC[NH+](CC)CC)CS[C@H]1c1cccc(F)c1. The van der Waals surface area contributed by atoms with Gasteiger partial charge in [0.1, 0.15) is 17.2 Å². The second-order valence-electron chi connectivity index (χ2n) is 7.67. The van der Waals surface area contributed by atoms with Gasteiger partial charge in [-0.05, 0) is 51.3 Å². The van der Waals surface area contributed by atoms with Gasteiger partial charge in [-0.25, -0.2) is 4.39 Å². The highest BCUT2D eigenvalue weighted by Crippen LogP contribution is 2.41. The summed E-state index contributed by atoms with van der Waals surface area (Å²) in [6.45, 7) is 11.5. The predicted molar refractivity (Wildman–Crippen MR) is 116 cm³/mol. The summed E-state index contributed by atoms with van der Waals surface area (Å²) in [7, 11) is 0. The molecule has 0 unspecified atom stereocenters. The molecule has 2 rings (SSSR count). The number of halogens is 1. The summed E-state index contributed by atoms with van der Waals surface area (Å²) in [6, 6.07) is 5.85. The maximum absolute atomic E-state index is 13.7. The van der Waals surface area contributed by atoms with Gasteiger partial charge in [0.15, 0.2) is 0 Å². The van der Waals surface area contributed by atoms with Crippen LogP contribution in [0.1, 0.15) is 57.9 Å². The third-order valence-electron chi connectivity index (χ3n) is 5.58. The summed E-state index contributed by atoms with van der Waals surface area (Å²) in [4.78, 5) is 28.8. The smallest absolute Gasteiger partial charge is 0.243 e. The van der Waals surface area contributed by atoms with Gasteiger partial charge in [0.05, 0.1) is 19.6 Å². The van der Waals surface area contributed by atoms with E-state index in [1.807, 2.05) is 13.0 Å². The molecule has 0 spiro atoms. The number of amides is 2. The number of rotatable bonds is 10. The minimum Gasteiger partial charge on any atom is -0.352 e. The van der Waals surface area contributed by atoms with Crippen LogP contribution in [-0.2, 0) is 9.59 Å². The molecule has 1 saturated heterocycles. The highest BCUT2D eigenvalue weighted by molar-refractivity contribution is 7.99. The molecule has 162 valence electrons. The van der Waals surface area contributed by atoms with Crippen molar-refractivity contribution in [3.05, 3.63) is 35.6 Å². The van der Waals surface area contributed by atoms with Crippen LogP contribution in [0.4, 0.5) is 4.39 Å². The number of nitrogens with zero attached hydrogens (tertiary/aromatic N) is 1. The molecule has 1 heterocycles. The Morgan fingerprint density at radius 3 is 2.66 bits per heavy atom. The summed E-state index contributed by atoms with van der Waals surface area (Å²) < 4.78 is 13.7. The number of nitrogens with one attached hydrogen (secondary N) is 2. The predicted octanol–water partition coefficient (Wildman–Crippen LogP) is 2.39. The first-order valence-corrected chi connectivity index (χ1v) is 11.8. The Morgan fingerprint density at radius 2 is 2.03 bits per heavy atom. The van der Waals surface area contributed by atoms with E-state index in [0.717, 1.165) is 38.0 Å². The molecule has 0 bridgehead atoms. The Bertz CT molecular complexity index is 684. The van der Waals surface area contributed by atoms with E-state index in [2.05, 4.69) is 19.2 Å². The lowest BCUT2D eigenvalue weighted by Gasteiger charge is -2.29. The van der Waals surface area contributed by atoms with Crippen molar-refractivity contribution in [2.45, 2.75) is 64.4 Å². The lowest BCUT2D eigenvalue weighted by atomic mass is 10.1. The summed E-state index contributed by atoms with van der Waals surface area (Å²) >= 11 is 1.52. The Labute approximate surface area is 178 Å². The largest absolute Gasteiger partial charge is 0.352 e. The third kappa shape index (κ3) is 6.44. The van der Waals surface area contributed by atoms with Crippen LogP contribution >= 0.6 is 11.8 Å². The molecule has 1 aliphatic heterocycles. The minimum absolute atomic E-state index is 0.0641. The van der Waals surface area contributed by atoms with Crippen molar-refractivity contribution in [1.82, 2.24) is 10.2 Å². The maximum atomic E-state index is 13.7. The number of hydrogen-bond donors (Lipinski definition) is 2. The van der Waals surface area contributed by atoms with Crippen LogP contribution < -0.4 is 10.2 Å². The van der Waals surface area contributed by atoms with Gasteiger partial charge < -0.3 is 15.1 Å². The number of quaternary nitrogens is 1. The van der Waals surface area contributed by atoms with Crippen molar-refractivity contribution in [1.29, 1.82) is 0 Å².